The standard InChI is InChI=1S/C11H13NO3S/c1-3-6-15-11-7-10(16(2,13)14)5-4-9(11)8-12/h4-5,7H,3,6H2,1-2H3. The van der Waals surface area contributed by atoms with Gasteiger partial charge in [0.1, 0.15) is 11.8 Å². The van der Waals surface area contributed by atoms with Crippen LogP contribution in [0.1, 0.15) is 18.9 Å². The largest absolute Gasteiger partial charge is 0.492 e. The first kappa shape index (κ1) is 12.5. The van der Waals surface area contributed by atoms with Crippen LogP contribution in [0.5, 0.6) is 5.75 Å². The molecular formula is C11H13NO3S. The lowest BCUT2D eigenvalue weighted by molar-refractivity contribution is 0.315. The van der Waals surface area contributed by atoms with Gasteiger partial charge in [-0.15, -0.1) is 0 Å². The summed E-state index contributed by atoms with van der Waals surface area (Å²) in [7, 11) is -3.26. The van der Waals surface area contributed by atoms with E-state index in [2.05, 4.69) is 0 Å². The van der Waals surface area contributed by atoms with Crippen molar-refractivity contribution in [1.29, 1.82) is 5.26 Å². The van der Waals surface area contributed by atoms with Crippen LogP contribution in [-0.2, 0) is 9.84 Å². The van der Waals surface area contributed by atoms with Gasteiger partial charge >= 0.3 is 0 Å². The average molecular weight is 239 g/mol. The minimum atomic E-state index is -3.26. The van der Waals surface area contributed by atoms with E-state index in [1.807, 2.05) is 13.0 Å². The summed E-state index contributed by atoms with van der Waals surface area (Å²) in [5.41, 5.74) is 0.348. The molecule has 1 rings (SSSR count). The van der Waals surface area contributed by atoms with Crippen LogP contribution in [0.3, 0.4) is 0 Å². The van der Waals surface area contributed by atoms with E-state index in [4.69, 9.17) is 10.00 Å². The Morgan fingerprint density at radius 1 is 1.44 bits per heavy atom. The van der Waals surface area contributed by atoms with Crippen molar-refractivity contribution in [1.82, 2.24) is 0 Å². The molecule has 0 spiro atoms. The molecule has 16 heavy (non-hydrogen) atoms. The molecule has 0 heterocycles. The Balaban J connectivity index is 3.18. The fourth-order valence-electron chi connectivity index (χ4n) is 1.16. The smallest absolute Gasteiger partial charge is 0.175 e. The molecule has 0 unspecified atom stereocenters. The van der Waals surface area contributed by atoms with Gasteiger partial charge in [-0.2, -0.15) is 5.26 Å². The van der Waals surface area contributed by atoms with E-state index in [9.17, 15) is 8.42 Å². The number of nitrogens with zero attached hydrogens (tertiary/aromatic N) is 1. The molecule has 0 saturated heterocycles. The van der Waals surface area contributed by atoms with E-state index < -0.39 is 9.84 Å². The van der Waals surface area contributed by atoms with E-state index in [0.29, 0.717) is 17.9 Å². The number of ether oxygens (including phenoxy) is 1. The van der Waals surface area contributed by atoms with Crippen LogP contribution in [-0.4, -0.2) is 21.3 Å². The van der Waals surface area contributed by atoms with Crippen molar-refractivity contribution in [3.8, 4) is 11.8 Å². The molecule has 1 aromatic carbocycles. The van der Waals surface area contributed by atoms with Crippen molar-refractivity contribution < 1.29 is 13.2 Å². The van der Waals surface area contributed by atoms with Crippen molar-refractivity contribution >= 4 is 9.84 Å². The zero-order valence-electron chi connectivity index (χ0n) is 9.23. The van der Waals surface area contributed by atoms with E-state index in [1.165, 1.54) is 18.2 Å². The van der Waals surface area contributed by atoms with Crippen molar-refractivity contribution in [3.63, 3.8) is 0 Å². The normalized spacial score (nSPS) is 10.8. The molecule has 86 valence electrons. The molecule has 0 atom stereocenters. The van der Waals surface area contributed by atoms with Gasteiger partial charge in [-0.1, -0.05) is 6.92 Å². The molecule has 0 fully saturated rings. The van der Waals surface area contributed by atoms with E-state index in [1.54, 1.807) is 0 Å². The highest BCUT2D eigenvalue weighted by Crippen LogP contribution is 2.22. The highest BCUT2D eigenvalue weighted by molar-refractivity contribution is 7.90. The second-order valence-corrected chi connectivity index (χ2v) is 5.41. The number of benzene rings is 1. The number of rotatable bonds is 4. The first-order chi connectivity index (χ1) is 7.49. The summed E-state index contributed by atoms with van der Waals surface area (Å²) in [6.07, 6.45) is 1.92. The second-order valence-electron chi connectivity index (χ2n) is 3.39. The van der Waals surface area contributed by atoms with Crippen molar-refractivity contribution in [2.45, 2.75) is 18.2 Å². The van der Waals surface area contributed by atoms with Crippen LogP contribution in [0.2, 0.25) is 0 Å². The molecule has 0 amide bonds. The average Bonchev–Trinajstić information content (AvgIpc) is 2.24. The summed E-state index contributed by atoms with van der Waals surface area (Å²) < 4.78 is 28.0. The molecule has 0 aliphatic rings. The van der Waals surface area contributed by atoms with Crippen molar-refractivity contribution in [2.24, 2.45) is 0 Å². The number of hydrogen-bond acceptors (Lipinski definition) is 4. The lowest BCUT2D eigenvalue weighted by Gasteiger charge is -2.07. The number of nitriles is 1. The third kappa shape index (κ3) is 2.97. The molecule has 1 aromatic rings. The van der Waals surface area contributed by atoms with Gasteiger partial charge in [0, 0.05) is 12.3 Å². The topological polar surface area (TPSA) is 67.2 Å². The van der Waals surface area contributed by atoms with Gasteiger partial charge in [0.2, 0.25) is 0 Å². The fourth-order valence-corrected chi connectivity index (χ4v) is 1.79. The Hall–Kier alpha value is -1.54. The zero-order valence-corrected chi connectivity index (χ0v) is 10.0. The maximum absolute atomic E-state index is 11.3. The predicted octanol–water partition coefficient (Wildman–Crippen LogP) is 1.75. The summed E-state index contributed by atoms with van der Waals surface area (Å²) in [5.74, 6) is 0.326. The van der Waals surface area contributed by atoms with E-state index in [-0.39, 0.29) is 4.90 Å². The van der Waals surface area contributed by atoms with E-state index >= 15 is 0 Å². The molecule has 0 aliphatic heterocycles. The molecule has 0 aromatic heterocycles. The van der Waals surface area contributed by atoms with Crippen LogP contribution in [0.15, 0.2) is 23.1 Å². The van der Waals surface area contributed by atoms with Gasteiger partial charge in [-0.05, 0) is 18.6 Å². The molecule has 5 heteroatoms. The van der Waals surface area contributed by atoms with Crippen LogP contribution in [0, 0.1) is 11.3 Å². The van der Waals surface area contributed by atoms with Gasteiger partial charge in [0.05, 0.1) is 17.1 Å². The van der Waals surface area contributed by atoms with Gasteiger partial charge in [0.25, 0.3) is 0 Å². The fraction of sp³-hybridized carbons (Fsp3) is 0.364. The van der Waals surface area contributed by atoms with Crippen LogP contribution >= 0.6 is 0 Å². The van der Waals surface area contributed by atoms with E-state index in [0.717, 1.165) is 12.7 Å². The molecule has 0 saturated carbocycles. The number of sulfone groups is 1. The van der Waals surface area contributed by atoms with Crippen molar-refractivity contribution in [2.75, 3.05) is 12.9 Å². The SMILES string of the molecule is CCCOc1cc(S(C)(=O)=O)ccc1C#N. The Morgan fingerprint density at radius 2 is 2.12 bits per heavy atom. The quantitative estimate of drug-likeness (QED) is 0.802. The first-order valence-electron chi connectivity index (χ1n) is 4.86. The lowest BCUT2D eigenvalue weighted by atomic mass is 10.2. The van der Waals surface area contributed by atoms with Gasteiger partial charge < -0.3 is 4.74 Å². The van der Waals surface area contributed by atoms with Crippen LogP contribution in [0.4, 0.5) is 0 Å². The summed E-state index contributed by atoms with van der Waals surface area (Å²) in [4.78, 5) is 0.164. The van der Waals surface area contributed by atoms with Gasteiger partial charge in [-0.3, -0.25) is 0 Å². The molecule has 0 radical (unpaired) electrons. The van der Waals surface area contributed by atoms with Crippen LogP contribution in [0.25, 0.3) is 0 Å². The summed E-state index contributed by atoms with van der Waals surface area (Å²) >= 11 is 0. The van der Waals surface area contributed by atoms with Gasteiger partial charge in [0.15, 0.2) is 9.84 Å². The molecular weight excluding hydrogens is 226 g/mol. The Bertz CT molecular complexity index is 515. The van der Waals surface area contributed by atoms with Crippen molar-refractivity contribution in [3.05, 3.63) is 23.8 Å². The minimum Gasteiger partial charge on any atom is -0.492 e. The summed E-state index contributed by atoms with van der Waals surface area (Å²) in [5, 5.41) is 8.83. The first-order valence-corrected chi connectivity index (χ1v) is 6.75. The summed E-state index contributed by atoms with van der Waals surface area (Å²) in [6.45, 7) is 2.40. The Labute approximate surface area is 95.4 Å². The highest BCUT2D eigenvalue weighted by atomic mass is 32.2. The maximum Gasteiger partial charge on any atom is 0.175 e. The van der Waals surface area contributed by atoms with Gasteiger partial charge in [-0.25, -0.2) is 8.42 Å². The molecule has 0 aliphatic carbocycles. The third-order valence-electron chi connectivity index (χ3n) is 1.96. The molecule has 0 bridgehead atoms. The lowest BCUT2D eigenvalue weighted by Crippen LogP contribution is -2.01. The highest BCUT2D eigenvalue weighted by Gasteiger charge is 2.11. The molecule has 0 N–H and O–H groups in total. The summed E-state index contributed by atoms with van der Waals surface area (Å²) in [6, 6.07) is 6.22. The minimum absolute atomic E-state index is 0.164. The zero-order chi connectivity index (χ0) is 12.2. The molecule has 4 nitrogen and oxygen atoms in total. The van der Waals surface area contributed by atoms with Crippen LogP contribution < -0.4 is 4.74 Å². The Kier molecular flexibility index (Phi) is 3.91. The maximum atomic E-state index is 11.3. The number of hydrogen-bond donors (Lipinski definition) is 0. The monoisotopic (exact) mass is 239 g/mol. The second kappa shape index (κ2) is 4.99. The Morgan fingerprint density at radius 3 is 2.62 bits per heavy atom. The predicted molar refractivity (Wildman–Crippen MR) is 60.1 cm³/mol. The third-order valence-corrected chi connectivity index (χ3v) is 3.07.